The first kappa shape index (κ1) is 24.3. The van der Waals surface area contributed by atoms with Gasteiger partial charge in [-0.15, -0.1) is 10.2 Å². The molecule has 176 valence electrons. The van der Waals surface area contributed by atoms with Crippen LogP contribution in [0, 0.1) is 13.8 Å². The second kappa shape index (κ2) is 11.0. The summed E-state index contributed by atoms with van der Waals surface area (Å²) in [6.07, 6.45) is 0. The first-order valence-corrected chi connectivity index (χ1v) is 12.4. The van der Waals surface area contributed by atoms with Crippen LogP contribution >= 0.6 is 23.4 Å². The number of hydrogen-bond acceptors (Lipinski definition) is 5. The lowest BCUT2D eigenvalue weighted by Crippen LogP contribution is -2.10. The van der Waals surface area contributed by atoms with Crippen LogP contribution < -0.4 is 0 Å². The molecule has 34 heavy (non-hydrogen) atoms. The van der Waals surface area contributed by atoms with Crippen LogP contribution in [0.2, 0.25) is 5.02 Å². The molecule has 0 saturated heterocycles. The fourth-order valence-corrected chi connectivity index (χ4v) is 4.87. The highest BCUT2D eigenvalue weighted by Crippen LogP contribution is 2.27. The van der Waals surface area contributed by atoms with Crippen LogP contribution in [0.1, 0.15) is 27.3 Å². The van der Waals surface area contributed by atoms with E-state index in [9.17, 15) is 4.79 Å². The fourth-order valence-electron chi connectivity index (χ4n) is 3.89. The number of Topliss-reactive ketones (excluding diaryl/α,β-unsaturated/α-hetero) is 1. The molecule has 0 saturated carbocycles. The quantitative estimate of drug-likeness (QED) is 0.209. The predicted octanol–water partition coefficient (Wildman–Crippen LogP) is 5.69. The van der Waals surface area contributed by atoms with Crippen LogP contribution in [0.4, 0.5) is 0 Å². The molecule has 0 aliphatic rings. The van der Waals surface area contributed by atoms with Crippen molar-refractivity contribution in [2.45, 2.75) is 32.1 Å². The molecule has 2 aromatic carbocycles. The van der Waals surface area contributed by atoms with Crippen molar-refractivity contribution in [2.75, 3.05) is 19.5 Å². The third-order valence-corrected chi connectivity index (χ3v) is 6.95. The minimum atomic E-state index is 0.0757. The third-order valence-electron chi connectivity index (χ3n) is 5.73. The van der Waals surface area contributed by atoms with Gasteiger partial charge in [-0.05, 0) is 49.7 Å². The largest absolute Gasteiger partial charge is 0.383 e. The van der Waals surface area contributed by atoms with Gasteiger partial charge in [-0.3, -0.25) is 9.36 Å². The number of ketones is 1. The van der Waals surface area contributed by atoms with E-state index in [0.29, 0.717) is 23.3 Å². The molecule has 2 aromatic heterocycles. The Hall–Kier alpha value is -2.87. The van der Waals surface area contributed by atoms with Crippen LogP contribution in [0.3, 0.4) is 0 Å². The van der Waals surface area contributed by atoms with Crippen molar-refractivity contribution >= 4 is 29.1 Å². The zero-order valence-corrected chi connectivity index (χ0v) is 21.1. The maximum atomic E-state index is 13.2. The summed E-state index contributed by atoms with van der Waals surface area (Å²) < 4.78 is 9.46. The number of aromatic nitrogens is 4. The van der Waals surface area contributed by atoms with E-state index in [-0.39, 0.29) is 11.5 Å². The van der Waals surface area contributed by atoms with Crippen LogP contribution in [0.25, 0.3) is 11.4 Å². The maximum Gasteiger partial charge on any atom is 0.192 e. The Bertz CT molecular complexity index is 1270. The number of carbonyl (C=O) groups is 1. The molecule has 0 bridgehead atoms. The van der Waals surface area contributed by atoms with Gasteiger partial charge in [0.15, 0.2) is 16.8 Å². The number of rotatable bonds is 10. The molecule has 0 fully saturated rings. The molecule has 0 spiro atoms. The Morgan fingerprint density at radius 1 is 1.03 bits per heavy atom. The molecule has 0 unspecified atom stereocenters. The van der Waals surface area contributed by atoms with E-state index in [1.165, 1.54) is 17.3 Å². The molecule has 0 amide bonds. The van der Waals surface area contributed by atoms with Crippen molar-refractivity contribution < 1.29 is 9.53 Å². The lowest BCUT2D eigenvalue weighted by molar-refractivity contribution is 0.102. The highest BCUT2D eigenvalue weighted by molar-refractivity contribution is 7.99. The number of nitrogens with zero attached hydrogens (tertiary/aromatic N) is 4. The molecule has 8 heteroatoms. The SMILES string of the molecule is COCCn1c(SCC(=O)c2cc(C)n(Cc3ccccc3)c2C)nnc1-c1ccc(Cl)cc1. The zero-order valence-electron chi connectivity index (χ0n) is 19.5. The van der Waals surface area contributed by atoms with Gasteiger partial charge in [-0.25, -0.2) is 0 Å². The molecule has 0 N–H and O–H groups in total. The average Bonchev–Trinajstić information content (AvgIpc) is 3.38. The number of hydrogen-bond donors (Lipinski definition) is 0. The molecule has 0 aliphatic carbocycles. The van der Waals surface area contributed by atoms with Crippen molar-refractivity contribution in [3.63, 3.8) is 0 Å². The maximum absolute atomic E-state index is 13.2. The summed E-state index contributed by atoms with van der Waals surface area (Å²) in [6.45, 7) is 5.90. The van der Waals surface area contributed by atoms with E-state index in [0.717, 1.165) is 34.9 Å². The normalized spacial score (nSPS) is 11.2. The summed E-state index contributed by atoms with van der Waals surface area (Å²) in [5, 5.41) is 10.1. The molecule has 2 heterocycles. The molecule has 4 rings (SSSR count). The highest BCUT2D eigenvalue weighted by Gasteiger charge is 2.19. The van der Waals surface area contributed by atoms with Gasteiger partial charge in [0.25, 0.3) is 0 Å². The molecular formula is C26H27ClN4O2S. The lowest BCUT2D eigenvalue weighted by atomic mass is 10.2. The summed E-state index contributed by atoms with van der Waals surface area (Å²) in [5.74, 6) is 1.08. The number of halogens is 1. The van der Waals surface area contributed by atoms with Gasteiger partial charge in [-0.2, -0.15) is 0 Å². The van der Waals surface area contributed by atoms with Gasteiger partial charge in [0, 0.05) is 41.2 Å². The lowest BCUT2D eigenvalue weighted by Gasteiger charge is -2.10. The van der Waals surface area contributed by atoms with E-state index < -0.39 is 0 Å². The minimum Gasteiger partial charge on any atom is -0.383 e. The molecule has 4 aromatic rings. The number of ether oxygens (including phenoxy) is 1. The monoisotopic (exact) mass is 494 g/mol. The first-order chi connectivity index (χ1) is 16.5. The Morgan fingerprint density at radius 2 is 1.76 bits per heavy atom. The minimum absolute atomic E-state index is 0.0757. The molecule has 0 radical (unpaired) electrons. The topological polar surface area (TPSA) is 61.9 Å². The summed E-state index contributed by atoms with van der Waals surface area (Å²) in [6, 6.07) is 19.7. The molecular weight excluding hydrogens is 468 g/mol. The van der Waals surface area contributed by atoms with Crippen molar-refractivity contribution in [3.05, 3.63) is 88.2 Å². The Labute approximate surface area is 208 Å². The van der Waals surface area contributed by atoms with Gasteiger partial charge in [0.1, 0.15) is 0 Å². The van der Waals surface area contributed by atoms with Gasteiger partial charge >= 0.3 is 0 Å². The van der Waals surface area contributed by atoms with Gasteiger partial charge in [0.2, 0.25) is 0 Å². The third kappa shape index (κ3) is 5.43. The van der Waals surface area contributed by atoms with Gasteiger partial charge in [-0.1, -0.05) is 53.7 Å². The number of aryl methyl sites for hydroxylation is 1. The number of thioether (sulfide) groups is 1. The van der Waals surface area contributed by atoms with E-state index in [4.69, 9.17) is 16.3 Å². The number of carbonyl (C=O) groups excluding carboxylic acids is 1. The highest BCUT2D eigenvalue weighted by atomic mass is 35.5. The van der Waals surface area contributed by atoms with Gasteiger partial charge < -0.3 is 9.30 Å². The van der Waals surface area contributed by atoms with Crippen molar-refractivity contribution in [1.29, 1.82) is 0 Å². The first-order valence-electron chi connectivity index (χ1n) is 11.0. The van der Waals surface area contributed by atoms with Crippen LogP contribution in [0.15, 0.2) is 65.8 Å². The predicted molar refractivity (Wildman–Crippen MR) is 137 cm³/mol. The Kier molecular flexibility index (Phi) is 7.88. The smallest absolute Gasteiger partial charge is 0.192 e. The number of methoxy groups -OCH3 is 1. The summed E-state index contributed by atoms with van der Waals surface area (Å²) in [4.78, 5) is 13.2. The average molecular weight is 495 g/mol. The molecule has 0 atom stereocenters. The molecule has 0 aliphatic heterocycles. The van der Waals surface area contributed by atoms with Crippen molar-refractivity contribution in [3.8, 4) is 11.4 Å². The number of benzene rings is 2. The van der Waals surface area contributed by atoms with Crippen molar-refractivity contribution in [2.24, 2.45) is 0 Å². The Balaban J connectivity index is 1.52. The van der Waals surface area contributed by atoms with Crippen LogP contribution in [-0.2, 0) is 17.8 Å². The summed E-state index contributed by atoms with van der Waals surface area (Å²) in [7, 11) is 1.66. The standard InChI is InChI=1S/C26H27ClN4O2S/c1-18-15-23(19(2)31(18)16-20-7-5-4-6-8-20)24(32)17-34-26-29-28-25(30(26)13-14-33-3)21-9-11-22(27)12-10-21/h4-12,15H,13-14,16-17H2,1-3H3. The fraction of sp³-hybridized carbons (Fsp3) is 0.269. The van der Waals surface area contributed by atoms with Gasteiger partial charge in [0.05, 0.1) is 18.9 Å². The van der Waals surface area contributed by atoms with E-state index in [1.807, 2.05) is 66.9 Å². The van der Waals surface area contributed by atoms with Crippen LogP contribution in [0.5, 0.6) is 0 Å². The van der Waals surface area contributed by atoms with Crippen LogP contribution in [-0.4, -0.2) is 44.6 Å². The van der Waals surface area contributed by atoms with E-state index >= 15 is 0 Å². The zero-order chi connectivity index (χ0) is 24.1. The Morgan fingerprint density at radius 3 is 2.47 bits per heavy atom. The summed E-state index contributed by atoms with van der Waals surface area (Å²) in [5.41, 5.74) is 4.92. The van der Waals surface area contributed by atoms with E-state index in [1.54, 1.807) is 7.11 Å². The second-order valence-corrected chi connectivity index (χ2v) is 9.40. The second-order valence-electron chi connectivity index (χ2n) is 8.03. The van der Waals surface area contributed by atoms with E-state index in [2.05, 4.69) is 26.9 Å². The summed E-state index contributed by atoms with van der Waals surface area (Å²) >= 11 is 7.43. The molecule has 6 nitrogen and oxygen atoms in total. The van der Waals surface area contributed by atoms with Crippen molar-refractivity contribution in [1.82, 2.24) is 19.3 Å².